The number of benzene rings is 1. The Balaban J connectivity index is 2.82. The average Bonchev–Trinajstić information content (AvgIpc) is 2.38. The molecule has 0 aliphatic carbocycles. The first-order valence-electron chi connectivity index (χ1n) is 6.46. The fourth-order valence-corrected chi connectivity index (χ4v) is 3.03. The number of hydrogen-bond acceptors (Lipinski definition) is 4. The highest BCUT2D eigenvalue weighted by molar-refractivity contribution is 7.89. The molecule has 0 fully saturated rings. The van der Waals surface area contributed by atoms with Crippen LogP contribution in [0.1, 0.15) is 31.4 Å². The summed E-state index contributed by atoms with van der Waals surface area (Å²) in [6.07, 6.45) is -0.183. The minimum absolute atomic E-state index is 0.0863. The zero-order chi connectivity index (χ0) is 15.3. The fraction of sp³-hybridized carbons (Fsp3) is 0.500. The first-order chi connectivity index (χ1) is 9.27. The minimum atomic E-state index is -3.66. The molecule has 0 radical (unpaired) electrons. The van der Waals surface area contributed by atoms with Crippen LogP contribution >= 0.6 is 0 Å². The second-order valence-electron chi connectivity index (χ2n) is 5.09. The lowest BCUT2D eigenvalue weighted by molar-refractivity contribution is 0.118. The Labute approximate surface area is 120 Å². The molecular weight excluding hydrogens is 276 g/mol. The molecule has 5 nitrogen and oxygen atoms in total. The first kappa shape index (κ1) is 16.6. The molecule has 0 saturated carbocycles. The van der Waals surface area contributed by atoms with E-state index >= 15 is 0 Å². The summed E-state index contributed by atoms with van der Waals surface area (Å²) in [4.78, 5) is 0.107. The SMILES string of the molecule is Cc1ccc(C#N)cc1S(=O)(=O)NCCC(O)C(C)C. The Bertz CT molecular complexity index is 603. The van der Waals surface area contributed by atoms with Crippen molar-refractivity contribution in [1.82, 2.24) is 4.72 Å². The number of nitriles is 1. The summed E-state index contributed by atoms with van der Waals surface area (Å²) in [5.41, 5.74) is 0.888. The Kier molecular flexibility index (Phi) is 5.69. The fourth-order valence-electron chi connectivity index (χ4n) is 1.71. The van der Waals surface area contributed by atoms with Gasteiger partial charge >= 0.3 is 0 Å². The van der Waals surface area contributed by atoms with Crippen LogP contribution in [0.25, 0.3) is 0 Å². The molecule has 0 aliphatic rings. The van der Waals surface area contributed by atoms with Crippen LogP contribution in [0.15, 0.2) is 23.1 Å². The van der Waals surface area contributed by atoms with Crippen molar-refractivity contribution < 1.29 is 13.5 Å². The first-order valence-corrected chi connectivity index (χ1v) is 7.94. The molecule has 0 bridgehead atoms. The molecule has 2 N–H and O–H groups in total. The number of aliphatic hydroxyl groups excluding tert-OH is 1. The van der Waals surface area contributed by atoms with Crippen molar-refractivity contribution in [2.75, 3.05) is 6.54 Å². The van der Waals surface area contributed by atoms with E-state index in [2.05, 4.69) is 4.72 Å². The van der Waals surface area contributed by atoms with Gasteiger partial charge in [-0.15, -0.1) is 0 Å². The summed E-state index contributed by atoms with van der Waals surface area (Å²) < 4.78 is 26.8. The van der Waals surface area contributed by atoms with Crippen LogP contribution in [0.2, 0.25) is 0 Å². The van der Waals surface area contributed by atoms with Gasteiger partial charge in [0.15, 0.2) is 0 Å². The monoisotopic (exact) mass is 296 g/mol. The maximum atomic E-state index is 12.2. The molecule has 110 valence electrons. The van der Waals surface area contributed by atoms with Gasteiger partial charge in [-0.1, -0.05) is 19.9 Å². The normalized spacial score (nSPS) is 13.2. The number of nitrogens with one attached hydrogen (secondary N) is 1. The molecule has 1 unspecified atom stereocenters. The van der Waals surface area contributed by atoms with Crippen LogP contribution in [0.4, 0.5) is 0 Å². The van der Waals surface area contributed by atoms with Crippen LogP contribution in [0.3, 0.4) is 0 Å². The van der Waals surface area contributed by atoms with Crippen LogP contribution in [-0.4, -0.2) is 26.2 Å². The third-order valence-corrected chi connectivity index (χ3v) is 4.71. The number of nitrogens with zero attached hydrogens (tertiary/aromatic N) is 1. The Hall–Kier alpha value is -1.42. The van der Waals surface area contributed by atoms with Gasteiger partial charge < -0.3 is 5.11 Å². The lowest BCUT2D eigenvalue weighted by Crippen LogP contribution is -2.29. The summed E-state index contributed by atoms with van der Waals surface area (Å²) in [5.74, 6) is 0.0863. The van der Waals surface area contributed by atoms with E-state index in [-0.39, 0.29) is 17.4 Å². The van der Waals surface area contributed by atoms with Crippen molar-refractivity contribution in [3.05, 3.63) is 29.3 Å². The van der Waals surface area contributed by atoms with Crippen molar-refractivity contribution in [2.45, 2.75) is 38.2 Å². The Morgan fingerprint density at radius 1 is 1.40 bits per heavy atom. The van der Waals surface area contributed by atoms with E-state index in [9.17, 15) is 13.5 Å². The Morgan fingerprint density at radius 3 is 2.60 bits per heavy atom. The second kappa shape index (κ2) is 6.84. The number of aliphatic hydroxyl groups is 1. The van der Waals surface area contributed by atoms with E-state index in [4.69, 9.17) is 5.26 Å². The molecule has 0 heterocycles. The standard InChI is InChI=1S/C14H20N2O3S/c1-10(2)13(17)6-7-16-20(18,19)14-8-12(9-15)5-4-11(14)3/h4-5,8,10,13,16-17H,6-7H2,1-3H3. The summed E-state index contributed by atoms with van der Waals surface area (Å²) in [6, 6.07) is 6.47. The van der Waals surface area contributed by atoms with Crippen LogP contribution < -0.4 is 4.72 Å². The molecule has 1 aromatic carbocycles. The van der Waals surface area contributed by atoms with Crippen molar-refractivity contribution >= 4 is 10.0 Å². The van der Waals surface area contributed by atoms with E-state index < -0.39 is 16.1 Å². The summed E-state index contributed by atoms with van der Waals surface area (Å²) >= 11 is 0. The third-order valence-electron chi connectivity index (χ3n) is 3.11. The highest BCUT2D eigenvalue weighted by Crippen LogP contribution is 2.16. The van der Waals surface area contributed by atoms with E-state index in [0.29, 0.717) is 17.5 Å². The summed E-state index contributed by atoms with van der Waals surface area (Å²) in [7, 11) is -3.66. The average molecular weight is 296 g/mol. The predicted octanol–water partition coefficient (Wildman–Crippen LogP) is 1.55. The van der Waals surface area contributed by atoms with Gasteiger partial charge in [0, 0.05) is 6.54 Å². The van der Waals surface area contributed by atoms with E-state index in [1.54, 1.807) is 19.1 Å². The molecule has 1 rings (SSSR count). The lowest BCUT2D eigenvalue weighted by Gasteiger charge is -2.15. The zero-order valence-electron chi connectivity index (χ0n) is 11.9. The molecule has 0 aromatic heterocycles. The lowest BCUT2D eigenvalue weighted by atomic mass is 10.1. The molecule has 0 saturated heterocycles. The van der Waals surface area contributed by atoms with Crippen LogP contribution in [0.5, 0.6) is 0 Å². The highest BCUT2D eigenvalue weighted by Gasteiger charge is 2.18. The quantitative estimate of drug-likeness (QED) is 0.833. The molecule has 6 heteroatoms. The van der Waals surface area contributed by atoms with Crippen molar-refractivity contribution in [3.8, 4) is 6.07 Å². The topological polar surface area (TPSA) is 90.2 Å². The third kappa shape index (κ3) is 4.30. The van der Waals surface area contributed by atoms with Crippen LogP contribution in [0, 0.1) is 24.2 Å². The molecular formula is C14H20N2O3S. The highest BCUT2D eigenvalue weighted by atomic mass is 32.2. The van der Waals surface area contributed by atoms with Gasteiger partial charge in [-0.05, 0) is 37.0 Å². The van der Waals surface area contributed by atoms with Gasteiger partial charge in [-0.25, -0.2) is 13.1 Å². The number of sulfonamides is 1. The van der Waals surface area contributed by atoms with E-state index in [0.717, 1.165) is 0 Å². The molecule has 1 atom stereocenters. The van der Waals surface area contributed by atoms with Gasteiger partial charge in [0.1, 0.15) is 0 Å². The molecule has 0 spiro atoms. The van der Waals surface area contributed by atoms with Gasteiger partial charge in [0.05, 0.1) is 22.6 Å². The van der Waals surface area contributed by atoms with Crippen molar-refractivity contribution in [3.63, 3.8) is 0 Å². The molecule has 0 amide bonds. The summed E-state index contributed by atoms with van der Waals surface area (Å²) in [5, 5.41) is 18.5. The molecule has 1 aromatic rings. The van der Waals surface area contributed by atoms with Crippen molar-refractivity contribution in [2.24, 2.45) is 5.92 Å². The van der Waals surface area contributed by atoms with Crippen LogP contribution in [-0.2, 0) is 10.0 Å². The van der Waals surface area contributed by atoms with Gasteiger partial charge in [0.25, 0.3) is 0 Å². The molecule has 20 heavy (non-hydrogen) atoms. The number of hydrogen-bond donors (Lipinski definition) is 2. The maximum absolute atomic E-state index is 12.2. The minimum Gasteiger partial charge on any atom is -0.393 e. The number of aryl methyl sites for hydroxylation is 1. The van der Waals surface area contributed by atoms with Gasteiger partial charge in [-0.3, -0.25) is 0 Å². The van der Waals surface area contributed by atoms with Gasteiger partial charge in [-0.2, -0.15) is 5.26 Å². The van der Waals surface area contributed by atoms with Gasteiger partial charge in [0.2, 0.25) is 10.0 Å². The van der Waals surface area contributed by atoms with Crippen molar-refractivity contribution in [1.29, 1.82) is 5.26 Å². The summed E-state index contributed by atoms with van der Waals surface area (Å²) in [6.45, 7) is 5.59. The predicted molar refractivity (Wildman–Crippen MR) is 76.5 cm³/mol. The second-order valence-corrected chi connectivity index (χ2v) is 6.83. The maximum Gasteiger partial charge on any atom is 0.240 e. The Morgan fingerprint density at radius 2 is 2.05 bits per heavy atom. The zero-order valence-corrected chi connectivity index (χ0v) is 12.7. The smallest absolute Gasteiger partial charge is 0.240 e. The molecule has 0 aliphatic heterocycles. The van der Waals surface area contributed by atoms with E-state index in [1.807, 2.05) is 19.9 Å². The largest absolute Gasteiger partial charge is 0.393 e. The van der Waals surface area contributed by atoms with E-state index in [1.165, 1.54) is 6.07 Å². The number of rotatable bonds is 6.